The summed E-state index contributed by atoms with van der Waals surface area (Å²) in [6.45, 7) is 3.14. The van der Waals surface area contributed by atoms with Crippen molar-refractivity contribution >= 4 is 33.6 Å². The highest BCUT2D eigenvalue weighted by Gasteiger charge is 2.28. The summed E-state index contributed by atoms with van der Waals surface area (Å²) in [6, 6.07) is 3.36. The number of unbranched alkanes of at least 4 members (excludes halogenated alkanes) is 1. The van der Waals surface area contributed by atoms with Gasteiger partial charge >= 0.3 is 6.09 Å². The van der Waals surface area contributed by atoms with Crippen molar-refractivity contribution in [2.75, 3.05) is 19.7 Å². The first-order chi connectivity index (χ1) is 15.5. The van der Waals surface area contributed by atoms with Gasteiger partial charge in [-0.25, -0.2) is 9.78 Å². The number of likely N-dealkylation sites (tertiary alicyclic amines) is 1. The second-order valence-corrected chi connectivity index (χ2v) is 8.04. The Bertz CT molecular complexity index is 1210. The lowest BCUT2D eigenvalue weighted by atomic mass is 9.92. The lowest BCUT2D eigenvalue weighted by molar-refractivity contribution is -0.124. The number of ketones is 1. The lowest BCUT2D eigenvalue weighted by Crippen LogP contribution is -2.40. The minimum Gasteiger partial charge on any atom is -0.477 e. The minimum absolute atomic E-state index is 0.0721. The molecule has 1 N–H and O–H groups in total. The number of carbonyl (C=O) groups excluding carboxylic acids is 1. The van der Waals surface area contributed by atoms with E-state index in [9.17, 15) is 14.4 Å². The molecule has 1 saturated heterocycles. The molecule has 0 spiro atoms. The molecule has 9 nitrogen and oxygen atoms in total. The summed E-state index contributed by atoms with van der Waals surface area (Å²) in [5.74, 6) is 0.0739. The summed E-state index contributed by atoms with van der Waals surface area (Å²) >= 11 is 0. The average molecular weight is 438 g/mol. The number of hydrogen-bond acceptors (Lipinski definition) is 6. The highest BCUT2D eigenvalue weighted by atomic mass is 16.5. The maximum absolute atomic E-state index is 13.3. The third-order valence-electron chi connectivity index (χ3n) is 6.02. The zero-order valence-corrected chi connectivity index (χ0v) is 18.0. The molecule has 0 bridgehead atoms. The van der Waals surface area contributed by atoms with Gasteiger partial charge in [-0.15, -0.1) is 0 Å². The Morgan fingerprint density at radius 3 is 2.69 bits per heavy atom. The van der Waals surface area contributed by atoms with E-state index in [-0.39, 0.29) is 23.8 Å². The standard InChI is InChI=1S/C23H26N4O5/c1-2-3-12-32-21-20-17-13-24-8-4-16(17)22(29)27(18(20)5-9-25-21)14-19(28)15-6-10-26(11-7-15)23(30)31/h4-5,8-9,13,15H,2-3,6-7,10-12,14H2,1H3,(H,30,31). The summed E-state index contributed by atoms with van der Waals surface area (Å²) in [5.41, 5.74) is 0.310. The van der Waals surface area contributed by atoms with Crippen molar-refractivity contribution < 1.29 is 19.4 Å². The van der Waals surface area contributed by atoms with Gasteiger partial charge in [0.05, 0.1) is 29.4 Å². The van der Waals surface area contributed by atoms with Crippen molar-refractivity contribution in [1.82, 2.24) is 19.4 Å². The maximum atomic E-state index is 13.3. The van der Waals surface area contributed by atoms with Crippen LogP contribution in [0.4, 0.5) is 4.79 Å². The molecule has 1 aliphatic heterocycles. The first-order valence-electron chi connectivity index (χ1n) is 10.9. The zero-order chi connectivity index (χ0) is 22.7. The number of pyridine rings is 3. The van der Waals surface area contributed by atoms with Crippen LogP contribution in [0.25, 0.3) is 21.7 Å². The number of amides is 1. The Morgan fingerprint density at radius 2 is 1.97 bits per heavy atom. The Balaban J connectivity index is 1.73. The number of carboxylic acid groups (broad SMARTS) is 1. The van der Waals surface area contributed by atoms with Gasteiger partial charge in [-0.2, -0.15) is 0 Å². The van der Waals surface area contributed by atoms with E-state index < -0.39 is 6.09 Å². The highest BCUT2D eigenvalue weighted by Crippen LogP contribution is 2.30. The Morgan fingerprint density at radius 1 is 1.19 bits per heavy atom. The predicted octanol–water partition coefficient (Wildman–Crippen LogP) is 3.08. The molecule has 0 aromatic carbocycles. The van der Waals surface area contributed by atoms with Gasteiger partial charge in [0.15, 0.2) is 5.78 Å². The molecule has 4 heterocycles. The molecule has 32 heavy (non-hydrogen) atoms. The molecule has 3 aromatic rings. The number of Topliss-reactive ketones (excluding diaryl/α,β-unsaturated/α-hetero) is 1. The molecule has 4 rings (SSSR count). The molecule has 0 aliphatic carbocycles. The van der Waals surface area contributed by atoms with Crippen molar-refractivity contribution in [1.29, 1.82) is 0 Å². The van der Waals surface area contributed by atoms with Crippen LogP contribution in [-0.4, -0.2) is 56.1 Å². The number of carbonyl (C=O) groups is 2. The van der Waals surface area contributed by atoms with Crippen LogP contribution in [0.3, 0.4) is 0 Å². The van der Waals surface area contributed by atoms with Gasteiger partial charge in [0.25, 0.3) is 5.56 Å². The largest absolute Gasteiger partial charge is 0.477 e. The molecule has 9 heteroatoms. The third-order valence-corrected chi connectivity index (χ3v) is 6.02. The van der Waals surface area contributed by atoms with E-state index in [1.165, 1.54) is 9.47 Å². The summed E-state index contributed by atoms with van der Waals surface area (Å²) in [7, 11) is 0. The zero-order valence-electron chi connectivity index (χ0n) is 18.0. The first-order valence-corrected chi connectivity index (χ1v) is 10.9. The Labute approximate surface area is 184 Å². The average Bonchev–Trinajstić information content (AvgIpc) is 2.81. The molecular weight excluding hydrogens is 412 g/mol. The fourth-order valence-corrected chi connectivity index (χ4v) is 4.20. The van der Waals surface area contributed by atoms with Crippen molar-refractivity contribution in [3.05, 3.63) is 41.1 Å². The molecule has 0 atom stereocenters. The molecule has 1 aliphatic rings. The first kappa shape index (κ1) is 21.7. The van der Waals surface area contributed by atoms with E-state index in [1.54, 1.807) is 30.7 Å². The molecule has 3 aromatic heterocycles. The summed E-state index contributed by atoms with van der Waals surface area (Å²) in [4.78, 5) is 47.4. The normalized spacial score (nSPS) is 14.7. The molecule has 1 amide bonds. The van der Waals surface area contributed by atoms with E-state index in [0.29, 0.717) is 60.1 Å². The molecule has 0 unspecified atom stereocenters. The quantitative estimate of drug-likeness (QED) is 0.445. The van der Waals surface area contributed by atoms with Crippen molar-refractivity contribution in [3.63, 3.8) is 0 Å². The van der Waals surface area contributed by atoms with Gasteiger partial charge in [-0.05, 0) is 31.4 Å². The van der Waals surface area contributed by atoms with Crippen molar-refractivity contribution in [3.8, 4) is 5.88 Å². The molecular formula is C23H26N4O5. The minimum atomic E-state index is -0.968. The fourth-order valence-electron chi connectivity index (χ4n) is 4.20. The van der Waals surface area contributed by atoms with Crippen molar-refractivity contribution in [2.24, 2.45) is 5.92 Å². The van der Waals surface area contributed by atoms with Gasteiger partial charge in [0.2, 0.25) is 5.88 Å². The highest BCUT2D eigenvalue weighted by molar-refractivity contribution is 6.08. The molecule has 1 fully saturated rings. The number of hydrogen-bond donors (Lipinski definition) is 1. The monoisotopic (exact) mass is 438 g/mol. The number of aromatic nitrogens is 3. The Kier molecular flexibility index (Phi) is 6.34. The second-order valence-electron chi connectivity index (χ2n) is 8.04. The van der Waals surface area contributed by atoms with Crippen LogP contribution in [0.2, 0.25) is 0 Å². The fraction of sp³-hybridized carbons (Fsp3) is 0.435. The van der Waals surface area contributed by atoms with Crippen LogP contribution in [-0.2, 0) is 11.3 Å². The van der Waals surface area contributed by atoms with Crippen LogP contribution >= 0.6 is 0 Å². The number of nitrogens with zero attached hydrogens (tertiary/aromatic N) is 4. The molecule has 168 valence electrons. The SMILES string of the molecule is CCCCOc1nccc2c1c1cnccc1c(=O)n2CC(=O)C1CCN(C(=O)O)CC1. The van der Waals surface area contributed by atoms with E-state index in [1.807, 2.05) is 0 Å². The summed E-state index contributed by atoms with van der Waals surface area (Å²) in [5, 5.41) is 10.9. The van der Waals surface area contributed by atoms with Gasteiger partial charge in [-0.1, -0.05) is 13.3 Å². The Hall–Kier alpha value is -3.49. The van der Waals surface area contributed by atoms with Crippen LogP contribution < -0.4 is 10.3 Å². The van der Waals surface area contributed by atoms with Gasteiger partial charge in [0.1, 0.15) is 0 Å². The van der Waals surface area contributed by atoms with Gasteiger partial charge in [-0.3, -0.25) is 14.6 Å². The summed E-state index contributed by atoms with van der Waals surface area (Å²) < 4.78 is 7.40. The number of fused-ring (bicyclic) bond motifs is 3. The smallest absolute Gasteiger partial charge is 0.407 e. The second kappa shape index (κ2) is 9.33. The van der Waals surface area contributed by atoms with E-state index in [4.69, 9.17) is 9.84 Å². The number of rotatable bonds is 7. The number of ether oxygens (including phenoxy) is 1. The third kappa shape index (κ3) is 4.15. The van der Waals surface area contributed by atoms with Crippen LogP contribution in [0, 0.1) is 5.92 Å². The van der Waals surface area contributed by atoms with Gasteiger partial charge < -0.3 is 19.3 Å². The van der Waals surface area contributed by atoms with Crippen molar-refractivity contribution in [2.45, 2.75) is 39.2 Å². The van der Waals surface area contributed by atoms with Crippen LogP contribution in [0.15, 0.2) is 35.5 Å². The number of piperidine rings is 1. The van der Waals surface area contributed by atoms with Crippen LogP contribution in [0.5, 0.6) is 5.88 Å². The van der Waals surface area contributed by atoms with E-state index in [2.05, 4.69) is 16.9 Å². The topological polar surface area (TPSA) is 115 Å². The summed E-state index contributed by atoms with van der Waals surface area (Å²) in [6.07, 6.45) is 6.57. The predicted molar refractivity (Wildman–Crippen MR) is 119 cm³/mol. The van der Waals surface area contributed by atoms with E-state index >= 15 is 0 Å². The van der Waals surface area contributed by atoms with E-state index in [0.717, 1.165) is 12.8 Å². The van der Waals surface area contributed by atoms with Crippen LogP contribution in [0.1, 0.15) is 32.6 Å². The lowest BCUT2D eigenvalue weighted by Gasteiger charge is -2.29. The molecule has 0 saturated carbocycles. The molecule has 0 radical (unpaired) electrons. The van der Waals surface area contributed by atoms with Gasteiger partial charge in [0, 0.05) is 43.0 Å². The maximum Gasteiger partial charge on any atom is 0.407 e.